The van der Waals surface area contributed by atoms with Crippen molar-refractivity contribution in [2.45, 2.75) is 110 Å². The van der Waals surface area contributed by atoms with E-state index in [2.05, 4.69) is 101 Å². The molecule has 1 unspecified atom stereocenters. The van der Waals surface area contributed by atoms with Gasteiger partial charge in [0, 0.05) is 24.9 Å². The fraction of sp³-hybridized carbons (Fsp3) is 0.588. The van der Waals surface area contributed by atoms with E-state index in [4.69, 9.17) is 9.47 Å². The van der Waals surface area contributed by atoms with Crippen molar-refractivity contribution >= 4 is 12.1 Å². The van der Waals surface area contributed by atoms with Crippen LogP contribution in [-0.2, 0) is 25.1 Å². The summed E-state index contributed by atoms with van der Waals surface area (Å²) in [6.45, 7) is 20.0. The van der Waals surface area contributed by atoms with E-state index in [1.807, 2.05) is 20.8 Å². The van der Waals surface area contributed by atoms with Crippen LogP contribution in [0, 0.1) is 5.41 Å². The summed E-state index contributed by atoms with van der Waals surface area (Å²) < 4.78 is 10.7. The number of hydrogen-bond donors (Lipinski definition) is 2. The Morgan fingerprint density at radius 1 is 0.850 bits per heavy atom. The number of nitrogens with one attached hydrogen (secondary N) is 2. The third-order valence-corrected chi connectivity index (χ3v) is 7.67. The Bertz CT molecular complexity index is 1080. The molecule has 2 aromatic rings. The quantitative estimate of drug-likeness (QED) is 0.369. The zero-order valence-corrected chi connectivity index (χ0v) is 26.2. The molecule has 3 rings (SSSR count). The highest BCUT2D eigenvalue weighted by Gasteiger charge is 2.36. The number of benzene rings is 2. The average molecular weight is 551 g/mol. The van der Waals surface area contributed by atoms with Crippen molar-refractivity contribution in [2.75, 3.05) is 13.7 Å². The number of methoxy groups -OCH3 is 1. The van der Waals surface area contributed by atoms with Crippen LogP contribution in [0.5, 0.6) is 0 Å². The molecule has 220 valence electrons. The number of hydrogen-bond acceptors (Lipinski definition) is 5. The first-order valence-electron chi connectivity index (χ1n) is 14.5. The third-order valence-electron chi connectivity index (χ3n) is 7.67. The van der Waals surface area contributed by atoms with Crippen LogP contribution in [0.25, 0.3) is 0 Å². The van der Waals surface area contributed by atoms with Crippen LogP contribution in [0.1, 0.15) is 103 Å². The number of rotatable bonds is 7. The summed E-state index contributed by atoms with van der Waals surface area (Å²) in [5, 5.41) is 6.36. The molecule has 0 spiro atoms. The maximum atomic E-state index is 12.8. The molecule has 2 aromatic carbocycles. The first kappa shape index (κ1) is 31.7. The standard InChI is InChI=1S/C34H50N2O4/c1-32(2,3)20-28(30(37)39-10)36-31(38)40-26-19-27(35-21-26)29(22-11-15-24(16-12-22)33(4,5)6)23-13-17-25(18-14-23)34(7,8)9/h11-18,26-29,35H,19-21H2,1-10H3,(H,36,38)/t26-,27?,28+/m1/s1. The molecule has 1 saturated heterocycles. The maximum absolute atomic E-state index is 12.8. The van der Waals surface area contributed by atoms with Crippen molar-refractivity contribution in [1.82, 2.24) is 10.6 Å². The van der Waals surface area contributed by atoms with Crippen molar-refractivity contribution in [1.29, 1.82) is 0 Å². The van der Waals surface area contributed by atoms with Crippen LogP contribution in [0.4, 0.5) is 4.79 Å². The van der Waals surface area contributed by atoms with Crippen LogP contribution in [0.3, 0.4) is 0 Å². The first-order chi connectivity index (χ1) is 18.5. The Morgan fingerprint density at radius 3 is 1.73 bits per heavy atom. The minimum Gasteiger partial charge on any atom is -0.467 e. The topological polar surface area (TPSA) is 76.7 Å². The summed E-state index contributed by atoms with van der Waals surface area (Å²) in [4.78, 5) is 25.1. The number of carbonyl (C=O) groups is 2. The second kappa shape index (κ2) is 12.3. The van der Waals surface area contributed by atoms with Crippen molar-refractivity contribution in [3.8, 4) is 0 Å². The second-order valence-electron chi connectivity index (χ2n) is 14.5. The van der Waals surface area contributed by atoms with Gasteiger partial charge in [-0.25, -0.2) is 9.59 Å². The minimum atomic E-state index is -0.752. The van der Waals surface area contributed by atoms with Gasteiger partial charge in [0.05, 0.1) is 7.11 Å². The molecular formula is C34H50N2O4. The lowest BCUT2D eigenvalue weighted by molar-refractivity contribution is -0.143. The number of carbonyl (C=O) groups excluding carboxylic acids is 2. The highest BCUT2D eigenvalue weighted by Crippen LogP contribution is 2.35. The summed E-state index contributed by atoms with van der Waals surface area (Å²) in [6.07, 6.45) is 0.232. The lowest BCUT2D eigenvalue weighted by atomic mass is 9.80. The molecule has 0 bridgehead atoms. The highest BCUT2D eigenvalue weighted by molar-refractivity contribution is 5.81. The van der Waals surface area contributed by atoms with Gasteiger partial charge in [-0.3, -0.25) is 0 Å². The van der Waals surface area contributed by atoms with Crippen LogP contribution in [-0.4, -0.2) is 43.9 Å². The van der Waals surface area contributed by atoms with Crippen LogP contribution in [0.2, 0.25) is 0 Å². The predicted molar refractivity (Wildman–Crippen MR) is 162 cm³/mol. The molecule has 1 aliphatic heterocycles. The zero-order valence-electron chi connectivity index (χ0n) is 26.2. The molecule has 0 radical (unpaired) electrons. The molecule has 1 aliphatic rings. The molecule has 3 atom stereocenters. The zero-order chi connectivity index (χ0) is 29.9. The summed E-state index contributed by atoms with van der Waals surface area (Å²) in [5.74, 6) is -0.366. The summed E-state index contributed by atoms with van der Waals surface area (Å²) in [7, 11) is 1.33. The van der Waals surface area contributed by atoms with E-state index in [0.29, 0.717) is 19.4 Å². The molecule has 40 heavy (non-hydrogen) atoms. The van der Waals surface area contributed by atoms with E-state index >= 15 is 0 Å². The average Bonchev–Trinajstić information content (AvgIpc) is 3.29. The van der Waals surface area contributed by atoms with Gasteiger partial charge in [-0.1, -0.05) is 111 Å². The lowest BCUT2D eigenvalue weighted by Crippen LogP contribution is -2.45. The molecule has 2 N–H and O–H groups in total. The first-order valence-corrected chi connectivity index (χ1v) is 14.5. The van der Waals surface area contributed by atoms with Crippen molar-refractivity contribution in [2.24, 2.45) is 5.41 Å². The molecule has 0 saturated carbocycles. The van der Waals surface area contributed by atoms with Gasteiger partial charge in [0.25, 0.3) is 0 Å². The third kappa shape index (κ3) is 8.57. The van der Waals surface area contributed by atoms with Crippen LogP contribution < -0.4 is 10.6 Å². The fourth-order valence-corrected chi connectivity index (χ4v) is 5.39. The number of ether oxygens (including phenoxy) is 2. The van der Waals surface area contributed by atoms with Gasteiger partial charge in [0.2, 0.25) is 0 Å². The Labute approximate surface area is 241 Å². The van der Waals surface area contributed by atoms with Crippen LogP contribution in [0.15, 0.2) is 48.5 Å². The van der Waals surface area contributed by atoms with E-state index in [9.17, 15) is 9.59 Å². The second-order valence-corrected chi connectivity index (χ2v) is 14.5. The number of esters is 1. The van der Waals surface area contributed by atoms with E-state index in [1.54, 1.807) is 0 Å². The molecule has 1 heterocycles. The van der Waals surface area contributed by atoms with Crippen molar-refractivity contribution < 1.29 is 19.1 Å². The molecule has 1 amide bonds. The van der Waals surface area contributed by atoms with E-state index < -0.39 is 18.1 Å². The molecular weight excluding hydrogens is 500 g/mol. The van der Waals surface area contributed by atoms with Gasteiger partial charge in [-0.15, -0.1) is 0 Å². The SMILES string of the molecule is COC(=O)[C@H](CC(C)(C)C)NC(=O)O[C@H]1CNC(C(c2ccc(C(C)(C)C)cc2)c2ccc(C(C)(C)C)cc2)C1. The predicted octanol–water partition coefficient (Wildman–Crippen LogP) is 6.85. The maximum Gasteiger partial charge on any atom is 0.408 e. The minimum absolute atomic E-state index is 0.0787. The molecule has 6 nitrogen and oxygen atoms in total. The summed E-state index contributed by atoms with van der Waals surface area (Å²) in [6, 6.07) is 17.2. The van der Waals surface area contributed by atoms with Gasteiger partial charge in [0.1, 0.15) is 12.1 Å². The van der Waals surface area contributed by atoms with Gasteiger partial charge in [-0.2, -0.15) is 0 Å². The Balaban J connectivity index is 1.80. The summed E-state index contributed by atoms with van der Waals surface area (Å²) in [5.41, 5.74) is 5.05. The normalized spacial score (nSPS) is 18.9. The van der Waals surface area contributed by atoms with Gasteiger partial charge in [0.15, 0.2) is 0 Å². The Morgan fingerprint density at radius 2 is 1.32 bits per heavy atom. The smallest absolute Gasteiger partial charge is 0.408 e. The van der Waals surface area contributed by atoms with Crippen LogP contribution >= 0.6 is 0 Å². The molecule has 1 fully saturated rings. The number of alkyl carbamates (subject to hydrolysis) is 1. The Hall–Kier alpha value is -2.86. The molecule has 0 aromatic heterocycles. The molecule has 6 heteroatoms. The van der Waals surface area contributed by atoms with E-state index in [1.165, 1.54) is 29.4 Å². The summed E-state index contributed by atoms with van der Waals surface area (Å²) >= 11 is 0. The van der Waals surface area contributed by atoms with E-state index in [-0.39, 0.29) is 34.3 Å². The monoisotopic (exact) mass is 550 g/mol. The van der Waals surface area contributed by atoms with Gasteiger partial charge < -0.3 is 20.1 Å². The number of amides is 1. The largest absolute Gasteiger partial charge is 0.467 e. The van der Waals surface area contributed by atoms with Crippen molar-refractivity contribution in [3.05, 3.63) is 70.8 Å². The highest BCUT2D eigenvalue weighted by atomic mass is 16.6. The van der Waals surface area contributed by atoms with Gasteiger partial charge >= 0.3 is 12.1 Å². The molecule has 0 aliphatic carbocycles. The van der Waals surface area contributed by atoms with Gasteiger partial charge in [-0.05, 0) is 44.9 Å². The lowest BCUT2D eigenvalue weighted by Gasteiger charge is -2.27. The van der Waals surface area contributed by atoms with Crippen molar-refractivity contribution in [3.63, 3.8) is 0 Å². The fourth-order valence-electron chi connectivity index (χ4n) is 5.39. The van der Waals surface area contributed by atoms with E-state index in [0.717, 1.165) is 0 Å². The Kier molecular flexibility index (Phi) is 9.77.